The van der Waals surface area contributed by atoms with Crippen LogP contribution in [0.15, 0.2) is 11.7 Å². The molecule has 2 N–H and O–H groups in total. The number of likely N-dealkylation sites (N-methyl/N-ethyl adjacent to an activating group) is 1. The molecule has 2 amide bonds. The number of nitrogens with zero attached hydrogens (tertiary/aromatic N) is 3. The molecule has 2 rings (SSSR count). The molecular weight excluding hydrogens is 288 g/mol. The Morgan fingerprint density at radius 1 is 1.52 bits per heavy atom. The van der Waals surface area contributed by atoms with Gasteiger partial charge >= 0.3 is 0 Å². The van der Waals surface area contributed by atoms with E-state index in [1.54, 1.807) is 27.9 Å². The van der Waals surface area contributed by atoms with Crippen LogP contribution in [0.5, 0.6) is 0 Å². The van der Waals surface area contributed by atoms with Gasteiger partial charge in [0.05, 0.1) is 18.1 Å². The number of aromatic nitrogens is 1. The Kier molecular flexibility index (Phi) is 5.30. The topological polar surface area (TPSA) is 79.5 Å². The summed E-state index contributed by atoms with van der Waals surface area (Å²) in [5.74, 6) is -0.171. The van der Waals surface area contributed by atoms with Crippen molar-refractivity contribution in [1.82, 2.24) is 14.8 Å². The van der Waals surface area contributed by atoms with E-state index in [0.717, 1.165) is 30.8 Å². The van der Waals surface area contributed by atoms with Gasteiger partial charge in [-0.3, -0.25) is 19.5 Å². The second kappa shape index (κ2) is 7.00. The molecule has 1 fully saturated rings. The molecule has 1 aromatic rings. The van der Waals surface area contributed by atoms with E-state index < -0.39 is 0 Å². The third-order valence-corrected chi connectivity index (χ3v) is 5.13. The number of primary amides is 1. The number of carbonyl (C=O) groups is 2. The number of hydrogen-bond donors (Lipinski definition) is 1. The summed E-state index contributed by atoms with van der Waals surface area (Å²) in [6, 6.07) is 0.0353. The van der Waals surface area contributed by atoms with Crippen molar-refractivity contribution in [2.24, 2.45) is 11.7 Å². The number of carbonyl (C=O) groups excluding carboxylic acids is 2. The summed E-state index contributed by atoms with van der Waals surface area (Å²) in [6.45, 7) is 3.90. The van der Waals surface area contributed by atoms with E-state index in [1.165, 1.54) is 0 Å². The molecule has 6 nitrogen and oxygen atoms in total. The number of piperidine rings is 1. The van der Waals surface area contributed by atoms with Crippen LogP contribution in [0.1, 0.15) is 30.7 Å². The normalized spacial score (nSPS) is 18.4. The number of amides is 2. The molecule has 21 heavy (non-hydrogen) atoms. The fraction of sp³-hybridized carbons (Fsp3) is 0.643. The smallest absolute Gasteiger partial charge is 0.237 e. The third kappa shape index (κ3) is 4.01. The average Bonchev–Trinajstić information content (AvgIpc) is 3.00. The second-order valence-corrected chi connectivity index (χ2v) is 6.46. The van der Waals surface area contributed by atoms with Crippen LogP contribution >= 0.6 is 11.3 Å². The second-order valence-electron chi connectivity index (χ2n) is 5.54. The largest absolute Gasteiger partial charge is 0.369 e. The molecule has 1 aliphatic rings. The highest BCUT2D eigenvalue weighted by molar-refractivity contribution is 7.09. The van der Waals surface area contributed by atoms with Gasteiger partial charge in [-0.2, -0.15) is 0 Å². The molecule has 0 spiro atoms. The Labute approximate surface area is 128 Å². The monoisotopic (exact) mass is 310 g/mol. The summed E-state index contributed by atoms with van der Waals surface area (Å²) in [5, 5.41) is 0. The van der Waals surface area contributed by atoms with Crippen molar-refractivity contribution in [2.75, 3.05) is 26.7 Å². The van der Waals surface area contributed by atoms with Gasteiger partial charge in [0.25, 0.3) is 0 Å². The molecule has 0 bridgehead atoms. The molecule has 1 atom stereocenters. The Morgan fingerprint density at radius 3 is 2.71 bits per heavy atom. The molecule has 0 unspecified atom stereocenters. The highest BCUT2D eigenvalue weighted by Gasteiger charge is 2.26. The summed E-state index contributed by atoms with van der Waals surface area (Å²) in [7, 11) is 1.82. The number of rotatable bonds is 5. The Hall–Kier alpha value is -1.47. The van der Waals surface area contributed by atoms with E-state index in [-0.39, 0.29) is 23.8 Å². The van der Waals surface area contributed by atoms with Crippen molar-refractivity contribution in [1.29, 1.82) is 0 Å². The van der Waals surface area contributed by atoms with Crippen molar-refractivity contribution in [3.05, 3.63) is 16.6 Å². The van der Waals surface area contributed by atoms with Crippen molar-refractivity contribution >= 4 is 23.2 Å². The lowest BCUT2D eigenvalue weighted by Crippen LogP contribution is -2.44. The zero-order valence-electron chi connectivity index (χ0n) is 12.5. The van der Waals surface area contributed by atoms with Crippen molar-refractivity contribution < 1.29 is 9.59 Å². The highest BCUT2D eigenvalue weighted by atomic mass is 32.1. The van der Waals surface area contributed by atoms with Gasteiger partial charge in [0.15, 0.2) is 0 Å². The van der Waals surface area contributed by atoms with Crippen molar-refractivity contribution in [3.63, 3.8) is 0 Å². The van der Waals surface area contributed by atoms with Crippen LogP contribution < -0.4 is 5.73 Å². The maximum atomic E-state index is 12.3. The molecule has 0 saturated carbocycles. The highest BCUT2D eigenvalue weighted by Crippen LogP contribution is 2.23. The molecule has 1 aromatic heterocycles. The zero-order valence-corrected chi connectivity index (χ0v) is 13.3. The lowest BCUT2D eigenvalue weighted by atomic mass is 9.96. The van der Waals surface area contributed by atoms with E-state index >= 15 is 0 Å². The van der Waals surface area contributed by atoms with Crippen LogP contribution in [0, 0.1) is 5.92 Å². The average molecular weight is 310 g/mol. The molecular formula is C14H22N4O2S. The lowest BCUT2D eigenvalue weighted by Gasteiger charge is -2.32. The van der Waals surface area contributed by atoms with Gasteiger partial charge in [-0.1, -0.05) is 0 Å². The first-order valence-electron chi connectivity index (χ1n) is 7.14. The quantitative estimate of drug-likeness (QED) is 0.875. The van der Waals surface area contributed by atoms with Gasteiger partial charge in [0.2, 0.25) is 11.8 Å². The van der Waals surface area contributed by atoms with Gasteiger partial charge < -0.3 is 10.6 Å². The number of hydrogen-bond acceptors (Lipinski definition) is 5. The summed E-state index contributed by atoms with van der Waals surface area (Å²) < 4.78 is 0. The molecule has 2 heterocycles. The van der Waals surface area contributed by atoms with Crippen LogP contribution in [-0.2, 0) is 9.59 Å². The van der Waals surface area contributed by atoms with E-state index in [0.29, 0.717) is 6.54 Å². The van der Waals surface area contributed by atoms with Gasteiger partial charge in [-0.25, -0.2) is 0 Å². The minimum atomic E-state index is -0.225. The molecule has 1 aliphatic heterocycles. The summed E-state index contributed by atoms with van der Waals surface area (Å²) in [6.07, 6.45) is 3.30. The minimum absolute atomic E-state index is 0.0353. The SMILES string of the molecule is C[C@H](c1cncs1)N(C)C(=O)CN1CCC(C(N)=O)CC1. The maximum absolute atomic E-state index is 12.3. The van der Waals surface area contributed by atoms with E-state index in [9.17, 15) is 9.59 Å². The summed E-state index contributed by atoms with van der Waals surface area (Å²) in [5.41, 5.74) is 7.10. The predicted molar refractivity (Wildman–Crippen MR) is 81.7 cm³/mol. The summed E-state index contributed by atoms with van der Waals surface area (Å²) >= 11 is 1.56. The Morgan fingerprint density at radius 2 is 2.19 bits per heavy atom. The Bertz CT molecular complexity index is 483. The lowest BCUT2D eigenvalue weighted by molar-refractivity contribution is -0.133. The fourth-order valence-corrected chi connectivity index (χ4v) is 3.24. The predicted octanol–water partition coefficient (Wildman–Crippen LogP) is 0.860. The number of thiazole rings is 1. The van der Waals surface area contributed by atoms with Gasteiger partial charge in [0.1, 0.15) is 0 Å². The van der Waals surface area contributed by atoms with E-state index in [1.807, 2.05) is 14.0 Å². The summed E-state index contributed by atoms with van der Waals surface area (Å²) in [4.78, 5) is 32.5. The van der Waals surface area contributed by atoms with Crippen LogP contribution in [0.3, 0.4) is 0 Å². The van der Waals surface area contributed by atoms with Gasteiger partial charge in [-0.15, -0.1) is 11.3 Å². The van der Waals surface area contributed by atoms with Crippen LogP contribution in [0.25, 0.3) is 0 Å². The first-order chi connectivity index (χ1) is 9.99. The molecule has 0 radical (unpaired) electrons. The van der Waals surface area contributed by atoms with Crippen LogP contribution in [-0.4, -0.2) is 53.3 Å². The third-order valence-electron chi connectivity index (χ3n) is 4.19. The fourth-order valence-electron chi connectivity index (χ4n) is 2.52. The molecule has 116 valence electrons. The van der Waals surface area contributed by atoms with Crippen LogP contribution in [0.4, 0.5) is 0 Å². The molecule has 7 heteroatoms. The molecule has 0 aliphatic carbocycles. The van der Waals surface area contributed by atoms with Crippen molar-refractivity contribution in [2.45, 2.75) is 25.8 Å². The zero-order chi connectivity index (χ0) is 15.4. The molecule has 0 aromatic carbocycles. The van der Waals surface area contributed by atoms with Crippen LogP contribution in [0.2, 0.25) is 0 Å². The minimum Gasteiger partial charge on any atom is -0.369 e. The number of nitrogens with two attached hydrogens (primary N) is 1. The van der Waals surface area contributed by atoms with E-state index in [4.69, 9.17) is 5.73 Å². The maximum Gasteiger partial charge on any atom is 0.237 e. The molecule has 1 saturated heterocycles. The Balaban J connectivity index is 1.83. The first kappa shape index (κ1) is 15.9. The standard InChI is InChI=1S/C14H22N4O2S/c1-10(12-7-16-9-21-12)17(2)13(19)8-18-5-3-11(4-6-18)14(15)20/h7,9-11H,3-6,8H2,1-2H3,(H2,15,20)/t10-/m1/s1. The van der Waals surface area contributed by atoms with Crippen molar-refractivity contribution in [3.8, 4) is 0 Å². The van der Waals surface area contributed by atoms with Gasteiger partial charge in [-0.05, 0) is 32.9 Å². The van der Waals surface area contributed by atoms with E-state index in [2.05, 4.69) is 9.88 Å². The number of likely N-dealkylation sites (tertiary alicyclic amines) is 1. The first-order valence-corrected chi connectivity index (χ1v) is 8.02. The van der Waals surface area contributed by atoms with Gasteiger partial charge in [0, 0.05) is 24.0 Å².